The largest absolute Gasteiger partial charge is 0.113 e. The van der Waals surface area contributed by atoms with E-state index in [1.807, 2.05) is 0 Å². The lowest BCUT2D eigenvalue weighted by Gasteiger charge is -2.19. The third kappa shape index (κ3) is 3.32. The molecular weight excluding hydrogens is 276 g/mol. The number of aryl methyl sites for hydroxylation is 5. The van der Waals surface area contributed by atoms with E-state index in [9.17, 15) is 0 Å². The smallest absolute Gasteiger partial charge is 0.0840 e. The normalized spacial score (nSPS) is 12.5. The molecule has 0 fully saturated rings. The summed E-state index contributed by atoms with van der Waals surface area (Å²) in [5.41, 5.74) is 9.18. The van der Waals surface area contributed by atoms with E-state index in [4.69, 9.17) is 11.6 Å². The first kappa shape index (κ1) is 16.1. The Morgan fingerprint density at radius 3 is 1.95 bits per heavy atom. The van der Waals surface area contributed by atoms with Crippen molar-refractivity contribution in [1.29, 1.82) is 0 Å². The van der Waals surface area contributed by atoms with Gasteiger partial charge in [0.1, 0.15) is 0 Å². The van der Waals surface area contributed by atoms with Gasteiger partial charge in [-0.3, -0.25) is 0 Å². The molecule has 0 bridgehead atoms. The molecule has 0 saturated carbocycles. The predicted octanol–water partition coefficient (Wildman–Crippen LogP) is 6.06. The Morgan fingerprint density at radius 2 is 1.43 bits per heavy atom. The van der Waals surface area contributed by atoms with Gasteiger partial charge in [-0.25, -0.2) is 0 Å². The standard InChI is InChI=1S/C20H25Cl/c1-6-16-8-9-18(12-17(16)7-2)20(21)19-14(4)10-13(3)11-15(19)5/h8-12,20H,6-7H2,1-5H3. The average Bonchev–Trinajstić information content (AvgIpc) is 2.45. The minimum atomic E-state index is -0.0678. The summed E-state index contributed by atoms with van der Waals surface area (Å²) in [5, 5.41) is -0.0678. The summed E-state index contributed by atoms with van der Waals surface area (Å²) < 4.78 is 0. The molecule has 1 unspecified atom stereocenters. The Kier molecular flexibility index (Phi) is 5.11. The van der Waals surface area contributed by atoms with Gasteiger partial charge >= 0.3 is 0 Å². The van der Waals surface area contributed by atoms with E-state index in [0.717, 1.165) is 12.8 Å². The van der Waals surface area contributed by atoms with Gasteiger partial charge in [0, 0.05) is 0 Å². The third-order valence-corrected chi connectivity index (χ3v) is 4.75. The van der Waals surface area contributed by atoms with Crippen LogP contribution in [0.4, 0.5) is 0 Å². The Bertz CT molecular complexity index is 617. The van der Waals surface area contributed by atoms with E-state index in [1.165, 1.54) is 38.9 Å². The molecule has 0 amide bonds. The molecule has 0 aliphatic heterocycles. The first-order chi connectivity index (χ1) is 9.97. The maximum atomic E-state index is 6.82. The fraction of sp³-hybridized carbons (Fsp3) is 0.400. The molecule has 0 aliphatic carbocycles. The number of benzene rings is 2. The summed E-state index contributed by atoms with van der Waals surface area (Å²) in [6, 6.07) is 11.2. The topological polar surface area (TPSA) is 0 Å². The zero-order valence-electron chi connectivity index (χ0n) is 13.8. The first-order valence-corrected chi connectivity index (χ1v) is 8.25. The molecule has 1 atom stereocenters. The molecule has 0 heterocycles. The van der Waals surface area contributed by atoms with Gasteiger partial charge in [-0.05, 0) is 67.0 Å². The van der Waals surface area contributed by atoms with Crippen LogP contribution in [0.3, 0.4) is 0 Å². The zero-order valence-corrected chi connectivity index (χ0v) is 14.5. The molecule has 21 heavy (non-hydrogen) atoms. The summed E-state index contributed by atoms with van der Waals surface area (Å²) in [5.74, 6) is 0. The number of hydrogen-bond donors (Lipinski definition) is 0. The van der Waals surface area contributed by atoms with Crippen LogP contribution >= 0.6 is 11.6 Å². The van der Waals surface area contributed by atoms with Crippen LogP contribution in [0.1, 0.15) is 58.2 Å². The molecule has 112 valence electrons. The van der Waals surface area contributed by atoms with Crippen LogP contribution in [0.25, 0.3) is 0 Å². The van der Waals surface area contributed by atoms with Crippen molar-refractivity contribution in [3.05, 3.63) is 69.3 Å². The van der Waals surface area contributed by atoms with Gasteiger partial charge in [0.25, 0.3) is 0 Å². The maximum absolute atomic E-state index is 6.82. The van der Waals surface area contributed by atoms with Crippen LogP contribution in [0.5, 0.6) is 0 Å². The van der Waals surface area contributed by atoms with Gasteiger partial charge in [-0.2, -0.15) is 0 Å². The Morgan fingerprint density at radius 1 is 0.857 bits per heavy atom. The van der Waals surface area contributed by atoms with E-state index in [2.05, 4.69) is 65.0 Å². The molecule has 0 aliphatic rings. The van der Waals surface area contributed by atoms with E-state index in [0.29, 0.717) is 0 Å². The second-order valence-electron chi connectivity index (χ2n) is 5.91. The summed E-state index contributed by atoms with van der Waals surface area (Å²) in [7, 11) is 0. The van der Waals surface area contributed by atoms with Crippen molar-refractivity contribution < 1.29 is 0 Å². The van der Waals surface area contributed by atoms with Crippen molar-refractivity contribution in [3.8, 4) is 0 Å². The molecule has 2 aromatic rings. The molecule has 0 nitrogen and oxygen atoms in total. The molecular formula is C20H25Cl. The highest BCUT2D eigenvalue weighted by Gasteiger charge is 2.17. The van der Waals surface area contributed by atoms with E-state index in [-0.39, 0.29) is 5.38 Å². The third-order valence-electron chi connectivity index (χ3n) is 4.28. The van der Waals surface area contributed by atoms with E-state index >= 15 is 0 Å². The molecule has 0 spiro atoms. The van der Waals surface area contributed by atoms with E-state index < -0.39 is 0 Å². The van der Waals surface area contributed by atoms with Gasteiger partial charge in [0.2, 0.25) is 0 Å². The molecule has 0 N–H and O–H groups in total. The molecule has 0 radical (unpaired) electrons. The summed E-state index contributed by atoms with van der Waals surface area (Å²) in [6.07, 6.45) is 2.14. The second kappa shape index (κ2) is 6.66. The minimum absolute atomic E-state index is 0.0678. The fourth-order valence-corrected chi connectivity index (χ4v) is 3.72. The molecule has 2 rings (SSSR count). The van der Waals surface area contributed by atoms with Gasteiger partial charge < -0.3 is 0 Å². The van der Waals surface area contributed by atoms with Crippen molar-refractivity contribution >= 4 is 11.6 Å². The van der Waals surface area contributed by atoms with Crippen LogP contribution in [-0.2, 0) is 12.8 Å². The van der Waals surface area contributed by atoms with Crippen molar-refractivity contribution in [2.45, 2.75) is 52.8 Å². The summed E-state index contributed by atoms with van der Waals surface area (Å²) in [4.78, 5) is 0. The zero-order chi connectivity index (χ0) is 15.6. The van der Waals surface area contributed by atoms with Gasteiger partial charge in [0.15, 0.2) is 0 Å². The minimum Gasteiger partial charge on any atom is -0.113 e. The van der Waals surface area contributed by atoms with Crippen molar-refractivity contribution in [2.24, 2.45) is 0 Å². The SMILES string of the molecule is CCc1ccc(C(Cl)c2c(C)cc(C)cc2C)cc1CC. The number of halogens is 1. The lowest BCUT2D eigenvalue weighted by Crippen LogP contribution is -2.02. The molecule has 2 aromatic carbocycles. The molecule has 0 aromatic heterocycles. The summed E-state index contributed by atoms with van der Waals surface area (Å²) in [6.45, 7) is 10.9. The van der Waals surface area contributed by atoms with Crippen LogP contribution in [-0.4, -0.2) is 0 Å². The Hall–Kier alpha value is -1.27. The van der Waals surface area contributed by atoms with Crippen LogP contribution in [0.2, 0.25) is 0 Å². The fourth-order valence-electron chi connectivity index (χ4n) is 3.24. The molecule has 0 saturated heterocycles. The van der Waals surface area contributed by atoms with Gasteiger partial charge in [-0.1, -0.05) is 49.7 Å². The average molecular weight is 301 g/mol. The molecule has 1 heteroatoms. The van der Waals surface area contributed by atoms with Crippen LogP contribution < -0.4 is 0 Å². The van der Waals surface area contributed by atoms with Crippen molar-refractivity contribution in [3.63, 3.8) is 0 Å². The number of rotatable bonds is 4. The van der Waals surface area contributed by atoms with Crippen molar-refractivity contribution in [2.75, 3.05) is 0 Å². The number of hydrogen-bond acceptors (Lipinski definition) is 0. The summed E-state index contributed by atoms with van der Waals surface area (Å²) >= 11 is 6.82. The highest BCUT2D eigenvalue weighted by Crippen LogP contribution is 2.35. The highest BCUT2D eigenvalue weighted by molar-refractivity contribution is 6.22. The van der Waals surface area contributed by atoms with E-state index in [1.54, 1.807) is 0 Å². The lowest BCUT2D eigenvalue weighted by molar-refractivity contribution is 1.01. The monoisotopic (exact) mass is 300 g/mol. The lowest BCUT2D eigenvalue weighted by atomic mass is 9.91. The maximum Gasteiger partial charge on any atom is 0.0840 e. The quantitative estimate of drug-likeness (QED) is 0.602. The Balaban J connectivity index is 2.47. The first-order valence-electron chi connectivity index (χ1n) is 7.81. The van der Waals surface area contributed by atoms with Crippen LogP contribution in [0.15, 0.2) is 30.3 Å². The van der Waals surface area contributed by atoms with Crippen LogP contribution in [0, 0.1) is 20.8 Å². The Labute approximate surface area is 134 Å². The predicted molar refractivity (Wildman–Crippen MR) is 93.5 cm³/mol. The second-order valence-corrected chi connectivity index (χ2v) is 6.35. The van der Waals surface area contributed by atoms with Gasteiger partial charge in [-0.15, -0.1) is 11.6 Å². The highest BCUT2D eigenvalue weighted by atomic mass is 35.5. The van der Waals surface area contributed by atoms with Gasteiger partial charge in [0.05, 0.1) is 5.38 Å². The number of alkyl halides is 1. The van der Waals surface area contributed by atoms with Crippen molar-refractivity contribution in [1.82, 2.24) is 0 Å².